The number of piperidine rings is 1. The average molecular weight is 118 g/mol. The molecule has 2 nitrogen and oxygen atoms in total. The van der Waals surface area contributed by atoms with Gasteiger partial charge in [-0.15, -0.1) is 0 Å². The molecule has 2 unspecified atom stereocenters. The second kappa shape index (κ2) is 2.42. The number of nitrogens with one attached hydrogen (secondary N) is 1. The normalized spacial score (nSPS) is 39.8. The lowest BCUT2D eigenvalue weighted by Gasteiger charge is -2.22. The molecular weight excluding hydrogens is 107 g/mol. The van der Waals surface area contributed by atoms with Crippen molar-refractivity contribution >= 4 is 0 Å². The highest BCUT2D eigenvalue weighted by molar-refractivity contribution is 4.79. The molecule has 1 aliphatic rings. The van der Waals surface area contributed by atoms with E-state index in [2.05, 4.69) is 5.32 Å². The lowest BCUT2D eigenvalue weighted by atomic mass is 10.1. The maximum absolute atomic E-state index is 12.4. The SMILES string of the molecule is NC1CNCCC1F. The summed E-state index contributed by atoms with van der Waals surface area (Å²) in [5, 5.41) is 3.00. The lowest BCUT2D eigenvalue weighted by Crippen LogP contribution is -2.47. The molecule has 1 heterocycles. The van der Waals surface area contributed by atoms with Crippen molar-refractivity contribution in [1.82, 2.24) is 5.32 Å². The summed E-state index contributed by atoms with van der Waals surface area (Å²) in [6.45, 7) is 1.40. The van der Waals surface area contributed by atoms with Gasteiger partial charge in [-0.3, -0.25) is 0 Å². The predicted molar refractivity (Wildman–Crippen MR) is 30.4 cm³/mol. The van der Waals surface area contributed by atoms with E-state index in [0.29, 0.717) is 13.0 Å². The van der Waals surface area contributed by atoms with Gasteiger partial charge in [0.2, 0.25) is 0 Å². The van der Waals surface area contributed by atoms with Crippen molar-refractivity contribution < 1.29 is 4.39 Å². The van der Waals surface area contributed by atoms with Crippen molar-refractivity contribution in [3.8, 4) is 0 Å². The van der Waals surface area contributed by atoms with Crippen LogP contribution in [0.25, 0.3) is 0 Å². The number of hydrogen-bond acceptors (Lipinski definition) is 2. The Morgan fingerprint density at radius 2 is 2.38 bits per heavy atom. The molecule has 2 atom stereocenters. The van der Waals surface area contributed by atoms with Gasteiger partial charge in [0.1, 0.15) is 6.17 Å². The van der Waals surface area contributed by atoms with Crippen LogP contribution in [-0.2, 0) is 0 Å². The first kappa shape index (κ1) is 5.98. The monoisotopic (exact) mass is 118 g/mol. The third kappa shape index (κ3) is 1.17. The van der Waals surface area contributed by atoms with E-state index in [0.717, 1.165) is 6.54 Å². The molecule has 1 saturated heterocycles. The van der Waals surface area contributed by atoms with Crippen LogP contribution >= 0.6 is 0 Å². The molecule has 0 aromatic carbocycles. The molecule has 0 aromatic rings. The van der Waals surface area contributed by atoms with Crippen LogP contribution in [0.4, 0.5) is 4.39 Å². The van der Waals surface area contributed by atoms with Crippen LogP contribution in [0, 0.1) is 0 Å². The Balaban J connectivity index is 2.28. The summed E-state index contributed by atoms with van der Waals surface area (Å²) in [6, 6.07) is -0.274. The summed E-state index contributed by atoms with van der Waals surface area (Å²) in [5.74, 6) is 0. The van der Waals surface area contributed by atoms with E-state index in [1.54, 1.807) is 0 Å². The fraction of sp³-hybridized carbons (Fsp3) is 1.00. The standard InChI is InChI=1S/C5H11FN2/c6-4-1-2-8-3-5(4)7/h4-5,8H,1-3,7H2. The molecule has 8 heavy (non-hydrogen) atoms. The van der Waals surface area contributed by atoms with Gasteiger partial charge in [-0.05, 0) is 13.0 Å². The topological polar surface area (TPSA) is 38.0 Å². The highest BCUT2D eigenvalue weighted by atomic mass is 19.1. The summed E-state index contributed by atoms with van der Waals surface area (Å²) >= 11 is 0. The van der Waals surface area contributed by atoms with Gasteiger partial charge in [0.25, 0.3) is 0 Å². The molecule has 48 valence electrons. The molecule has 3 heteroatoms. The summed E-state index contributed by atoms with van der Waals surface area (Å²) in [7, 11) is 0. The first-order valence-electron chi connectivity index (χ1n) is 2.91. The minimum absolute atomic E-state index is 0.274. The molecule has 0 saturated carbocycles. The summed E-state index contributed by atoms with van der Waals surface area (Å²) in [5.41, 5.74) is 5.34. The van der Waals surface area contributed by atoms with Crippen LogP contribution in [-0.4, -0.2) is 25.3 Å². The summed E-state index contributed by atoms with van der Waals surface area (Å²) in [6.07, 6.45) is -0.211. The van der Waals surface area contributed by atoms with Crippen molar-refractivity contribution in [3.63, 3.8) is 0 Å². The second-order valence-electron chi connectivity index (χ2n) is 2.17. The Morgan fingerprint density at radius 1 is 1.62 bits per heavy atom. The lowest BCUT2D eigenvalue weighted by molar-refractivity contribution is 0.229. The number of alkyl halides is 1. The van der Waals surface area contributed by atoms with E-state index >= 15 is 0 Å². The van der Waals surface area contributed by atoms with Gasteiger partial charge in [0, 0.05) is 12.6 Å². The molecule has 0 aliphatic carbocycles. The first-order valence-corrected chi connectivity index (χ1v) is 2.91. The number of nitrogens with two attached hydrogens (primary N) is 1. The van der Waals surface area contributed by atoms with Crippen LogP contribution in [0.5, 0.6) is 0 Å². The van der Waals surface area contributed by atoms with Crippen LogP contribution in [0.2, 0.25) is 0 Å². The van der Waals surface area contributed by atoms with Gasteiger partial charge in [0.05, 0.1) is 0 Å². The highest BCUT2D eigenvalue weighted by Gasteiger charge is 2.19. The summed E-state index contributed by atoms with van der Waals surface area (Å²) < 4.78 is 12.4. The Kier molecular flexibility index (Phi) is 1.81. The van der Waals surface area contributed by atoms with Crippen molar-refractivity contribution in [1.29, 1.82) is 0 Å². The second-order valence-corrected chi connectivity index (χ2v) is 2.17. The number of rotatable bonds is 0. The van der Waals surface area contributed by atoms with Crippen LogP contribution in [0.1, 0.15) is 6.42 Å². The van der Waals surface area contributed by atoms with Crippen LogP contribution in [0.15, 0.2) is 0 Å². The molecule has 0 amide bonds. The largest absolute Gasteiger partial charge is 0.324 e. The average Bonchev–Trinajstić information content (AvgIpc) is 1.77. The zero-order valence-corrected chi connectivity index (χ0v) is 4.73. The zero-order chi connectivity index (χ0) is 5.98. The molecular formula is C5H11FN2. The van der Waals surface area contributed by atoms with Crippen LogP contribution < -0.4 is 11.1 Å². The van der Waals surface area contributed by atoms with E-state index in [1.165, 1.54) is 0 Å². The van der Waals surface area contributed by atoms with Crippen molar-refractivity contribution in [2.45, 2.75) is 18.6 Å². The van der Waals surface area contributed by atoms with E-state index in [4.69, 9.17) is 5.73 Å². The number of hydrogen-bond donors (Lipinski definition) is 2. The van der Waals surface area contributed by atoms with Gasteiger partial charge in [-0.25, -0.2) is 4.39 Å². The Morgan fingerprint density at radius 3 is 2.75 bits per heavy atom. The van der Waals surface area contributed by atoms with E-state index in [-0.39, 0.29) is 6.04 Å². The zero-order valence-electron chi connectivity index (χ0n) is 4.73. The molecule has 0 aromatic heterocycles. The third-order valence-electron chi connectivity index (χ3n) is 1.44. The maximum Gasteiger partial charge on any atom is 0.118 e. The molecule has 1 rings (SSSR count). The molecule has 1 fully saturated rings. The fourth-order valence-corrected chi connectivity index (χ4v) is 0.851. The minimum Gasteiger partial charge on any atom is -0.324 e. The number of halogens is 1. The molecule has 0 radical (unpaired) electrons. The van der Waals surface area contributed by atoms with E-state index in [1.807, 2.05) is 0 Å². The summed E-state index contributed by atoms with van der Waals surface area (Å²) in [4.78, 5) is 0. The smallest absolute Gasteiger partial charge is 0.118 e. The Labute approximate surface area is 48.2 Å². The Hall–Kier alpha value is -0.150. The van der Waals surface area contributed by atoms with Gasteiger partial charge in [-0.2, -0.15) is 0 Å². The van der Waals surface area contributed by atoms with Crippen molar-refractivity contribution in [3.05, 3.63) is 0 Å². The molecule has 1 aliphatic heterocycles. The molecule has 3 N–H and O–H groups in total. The van der Waals surface area contributed by atoms with Gasteiger partial charge < -0.3 is 11.1 Å². The predicted octanol–water partition coefficient (Wildman–Crippen LogP) is -0.355. The van der Waals surface area contributed by atoms with Gasteiger partial charge >= 0.3 is 0 Å². The van der Waals surface area contributed by atoms with Crippen molar-refractivity contribution in [2.24, 2.45) is 5.73 Å². The molecule has 0 bridgehead atoms. The first-order chi connectivity index (χ1) is 3.80. The quantitative estimate of drug-likeness (QED) is 0.456. The highest BCUT2D eigenvalue weighted by Crippen LogP contribution is 2.04. The van der Waals surface area contributed by atoms with E-state index < -0.39 is 6.17 Å². The Bertz CT molecular complexity index is 66.8. The fourth-order valence-electron chi connectivity index (χ4n) is 0.851. The van der Waals surface area contributed by atoms with Gasteiger partial charge in [-0.1, -0.05) is 0 Å². The van der Waals surface area contributed by atoms with Gasteiger partial charge in [0.15, 0.2) is 0 Å². The van der Waals surface area contributed by atoms with Crippen molar-refractivity contribution in [2.75, 3.05) is 13.1 Å². The maximum atomic E-state index is 12.4. The third-order valence-corrected chi connectivity index (χ3v) is 1.44. The minimum atomic E-state index is -0.781. The van der Waals surface area contributed by atoms with E-state index in [9.17, 15) is 4.39 Å². The van der Waals surface area contributed by atoms with Crippen LogP contribution in [0.3, 0.4) is 0 Å². The molecule has 0 spiro atoms.